The van der Waals surface area contributed by atoms with Crippen molar-refractivity contribution in [1.29, 1.82) is 0 Å². The Morgan fingerprint density at radius 3 is 2.86 bits per heavy atom. The van der Waals surface area contributed by atoms with E-state index >= 15 is 0 Å². The highest BCUT2D eigenvalue weighted by Gasteiger charge is 2.11. The van der Waals surface area contributed by atoms with Crippen molar-refractivity contribution >= 4 is 5.91 Å². The van der Waals surface area contributed by atoms with Crippen LogP contribution in [0.5, 0.6) is 0 Å². The third-order valence-electron chi connectivity index (χ3n) is 4.43. The fraction of sp³-hybridized carbons (Fsp3) is 0.333. The van der Waals surface area contributed by atoms with E-state index in [9.17, 15) is 4.79 Å². The summed E-state index contributed by atoms with van der Waals surface area (Å²) in [6, 6.07) is 12.0. The Hall–Kier alpha value is -3.06. The molecule has 1 aromatic carbocycles. The van der Waals surface area contributed by atoms with Gasteiger partial charge in [-0.15, -0.1) is 0 Å². The number of pyridine rings is 1. The van der Waals surface area contributed by atoms with Crippen LogP contribution in [-0.2, 0) is 24.3 Å². The molecule has 0 atom stereocenters. The molecule has 7 nitrogen and oxygen atoms in total. The molecule has 0 aliphatic carbocycles. The molecular formula is C21H25N5O2. The summed E-state index contributed by atoms with van der Waals surface area (Å²) in [4.78, 5) is 22.7. The van der Waals surface area contributed by atoms with Gasteiger partial charge in [0.15, 0.2) is 0 Å². The van der Waals surface area contributed by atoms with Gasteiger partial charge >= 0.3 is 0 Å². The molecule has 2 aromatic heterocycles. The zero-order chi connectivity index (χ0) is 19.8. The summed E-state index contributed by atoms with van der Waals surface area (Å²) in [5.74, 6) is 0.883. The molecule has 3 aromatic rings. The van der Waals surface area contributed by atoms with Gasteiger partial charge in [0.25, 0.3) is 0 Å². The minimum absolute atomic E-state index is 0.0443. The molecule has 146 valence electrons. The number of benzene rings is 1. The Bertz CT molecular complexity index is 895. The van der Waals surface area contributed by atoms with E-state index in [1.165, 1.54) is 5.56 Å². The van der Waals surface area contributed by atoms with Crippen molar-refractivity contribution in [3.63, 3.8) is 0 Å². The number of aromatic nitrogens is 3. The molecule has 0 aliphatic heterocycles. The Labute approximate surface area is 164 Å². The van der Waals surface area contributed by atoms with Crippen LogP contribution in [0.2, 0.25) is 0 Å². The number of rotatable bonds is 9. The van der Waals surface area contributed by atoms with Crippen LogP contribution in [-0.4, -0.2) is 39.5 Å². The summed E-state index contributed by atoms with van der Waals surface area (Å²) in [6.07, 6.45) is 4.06. The van der Waals surface area contributed by atoms with Crippen molar-refractivity contribution in [1.82, 2.24) is 25.3 Å². The lowest BCUT2D eigenvalue weighted by molar-refractivity contribution is -0.121. The molecule has 0 unspecified atom stereocenters. The first kappa shape index (κ1) is 19.7. The van der Waals surface area contributed by atoms with Gasteiger partial charge in [-0.05, 0) is 36.9 Å². The minimum atomic E-state index is -0.0443. The molecular weight excluding hydrogens is 354 g/mol. The monoisotopic (exact) mass is 379 g/mol. The van der Waals surface area contributed by atoms with Crippen LogP contribution in [0.3, 0.4) is 0 Å². The summed E-state index contributed by atoms with van der Waals surface area (Å²) in [5.41, 5.74) is 3.12. The van der Waals surface area contributed by atoms with Crippen LogP contribution in [0.15, 0.2) is 53.3 Å². The van der Waals surface area contributed by atoms with E-state index in [-0.39, 0.29) is 5.91 Å². The predicted octanol–water partition coefficient (Wildman–Crippen LogP) is 2.83. The van der Waals surface area contributed by atoms with Crippen molar-refractivity contribution in [2.45, 2.75) is 32.9 Å². The first-order chi connectivity index (χ1) is 13.6. The van der Waals surface area contributed by atoms with Crippen molar-refractivity contribution in [3.8, 4) is 11.4 Å². The van der Waals surface area contributed by atoms with Crippen molar-refractivity contribution in [2.24, 2.45) is 0 Å². The lowest BCUT2D eigenvalue weighted by Gasteiger charge is -2.14. The lowest BCUT2D eigenvalue weighted by atomic mass is 10.1. The average Bonchev–Trinajstić information content (AvgIpc) is 3.21. The molecule has 0 fully saturated rings. The van der Waals surface area contributed by atoms with Gasteiger partial charge in [0.1, 0.15) is 0 Å². The van der Waals surface area contributed by atoms with E-state index in [0.29, 0.717) is 31.1 Å². The van der Waals surface area contributed by atoms with E-state index in [0.717, 1.165) is 24.2 Å². The van der Waals surface area contributed by atoms with E-state index in [1.54, 1.807) is 12.4 Å². The van der Waals surface area contributed by atoms with Gasteiger partial charge in [-0.1, -0.05) is 36.3 Å². The molecule has 0 saturated heterocycles. The van der Waals surface area contributed by atoms with Crippen LogP contribution in [0.25, 0.3) is 11.4 Å². The van der Waals surface area contributed by atoms with Crippen molar-refractivity contribution < 1.29 is 9.32 Å². The zero-order valence-electron chi connectivity index (χ0n) is 16.3. The largest absolute Gasteiger partial charge is 0.352 e. The summed E-state index contributed by atoms with van der Waals surface area (Å²) in [7, 11) is 2.09. The molecule has 0 spiro atoms. The van der Waals surface area contributed by atoms with Gasteiger partial charge in [-0.2, -0.15) is 4.98 Å². The second-order valence-corrected chi connectivity index (χ2v) is 6.68. The van der Waals surface area contributed by atoms with Crippen LogP contribution in [0.1, 0.15) is 30.4 Å². The smallest absolute Gasteiger partial charge is 0.227 e. The van der Waals surface area contributed by atoms with Crippen molar-refractivity contribution in [2.75, 3.05) is 13.6 Å². The first-order valence-corrected chi connectivity index (χ1v) is 9.40. The number of nitrogens with zero attached hydrogens (tertiary/aromatic N) is 4. The summed E-state index contributed by atoms with van der Waals surface area (Å²) in [5, 5.41) is 6.89. The molecule has 0 radical (unpaired) electrons. The number of hydrogen-bond donors (Lipinski definition) is 1. The second kappa shape index (κ2) is 9.75. The molecule has 3 rings (SSSR count). The first-order valence-electron chi connectivity index (χ1n) is 9.40. The van der Waals surface area contributed by atoms with Gasteiger partial charge in [0, 0.05) is 43.9 Å². The highest BCUT2D eigenvalue weighted by Crippen LogP contribution is 2.14. The maximum absolute atomic E-state index is 12.2. The average molecular weight is 379 g/mol. The Morgan fingerprint density at radius 2 is 2.07 bits per heavy atom. The Morgan fingerprint density at radius 1 is 1.21 bits per heavy atom. The number of amides is 1. The quantitative estimate of drug-likeness (QED) is 0.615. The standard InChI is InChI=1S/C21H25N5O2/c1-3-26(2)15-17-7-4-6-16(12-17)13-23-19(27)9-10-20-24-21(25-28-20)18-8-5-11-22-14-18/h4-8,11-12,14H,3,9-10,13,15H2,1-2H3,(H,23,27). The van der Waals surface area contributed by atoms with Crippen LogP contribution in [0, 0.1) is 0 Å². The highest BCUT2D eigenvalue weighted by atomic mass is 16.5. The second-order valence-electron chi connectivity index (χ2n) is 6.68. The minimum Gasteiger partial charge on any atom is -0.352 e. The van der Waals surface area contributed by atoms with Crippen LogP contribution < -0.4 is 5.32 Å². The number of carbonyl (C=O) groups excluding carboxylic acids is 1. The van der Waals surface area contributed by atoms with Gasteiger partial charge in [0.05, 0.1) is 0 Å². The Kier molecular flexibility index (Phi) is 6.86. The molecule has 1 N–H and O–H groups in total. The maximum atomic E-state index is 12.2. The van der Waals surface area contributed by atoms with Gasteiger partial charge in [-0.3, -0.25) is 9.78 Å². The molecule has 1 amide bonds. The molecule has 2 heterocycles. The molecule has 0 bridgehead atoms. The van der Waals surface area contributed by atoms with Gasteiger partial charge < -0.3 is 14.7 Å². The topological polar surface area (TPSA) is 84.2 Å². The Balaban J connectivity index is 1.46. The molecule has 7 heteroatoms. The summed E-state index contributed by atoms with van der Waals surface area (Å²) >= 11 is 0. The normalized spacial score (nSPS) is 11.0. The van der Waals surface area contributed by atoms with Crippen molar-refractivity contribution in [3.05, 3.63) is 65.8 Å². The SMILES string of the molecule is CCN(C)Cc1cccc(CNC(=O)CCc2nc(-c3cccnc3)no2)c1. The third-order valence-corrected chi connectivity index (χ3v) is 4.43. The number of nitrogens with one attached hydrogen (secondary N) is 1. The summed E-state index contributed by atoms with van der Waals surface area (Å²) in [6.45, 7) is 4.54. The number of hydrogen-bond acceptors (Lipinski definition) is 6. The fourth-order valence-corrected chi connectivity index (χ4v) is 2.74. The predicted molar refractivity (Wildman–Crippen MR) is 106 cm³/mol. The molecule has 0 saturated carbocycles. The molecule has 0 aliphatic rings. The van der Waals surface area contributed by atoms with Gasteiger partial charge in [0.2, 0.25) is 17.6 Å². The van der Waals surface area contributed by atoms with Crippen LogP contribution in [0.4, 0.5) is 0 Å². The molecule has 28 heavy (non-hydrogen) atoms. The lowest BCUT2D eigenvalue weighted by Crippen LogP contribution is -2.23. The van der Waals surface area contributed by atoms with Gasteiger partial charge in [-0.25, -0.2) is 0 Å². The number of aryl methyl sites for hydroxylation is 1. The van der Waals surface area contributed by atoms with E-state index in [2.05, 4.69) is 51.4 Å². The fourth-order valence-electron chi connectivity index (χ4n) is 2.74. The van der Waals surface area contributed by atoms with Crippen LogP contribution >= 0.6 is 0 Å². The van der Waals surface area contributed by atoms with E-state index < -0.39 is 0 Å². The highest BCUT2D eigenvalue weighted by molar-refractivity contribution is 5.76. The maximum Gasteiger partial charge on any atom is 0.227 e. The van der Waals surface area contributed by atoms with E-state index in [1.807, 2.05) is 24.3 Å². The number of carbonyl (C=O) groups is 1. The third kappa shape index (κ3) is 5.72. The summed E-state index contributed by atoms with van der Waals surface area (Å²) < 4.78 is 5.22. The van der Waals surface area contributed by atoms with E-state index in [4.69, 9.17) is 4.52 Å². The zero-order valence-corrected chi connectivity index (χ0v) is 16.3.